The second kappa shape index (κ2) is 10.3. The Hall–Kier alpha value is -2.29. The van der Waals surface area contributed by atoms with Gasteiger partial charge in [-0.05, 0) is 0 Å². The molecule has 1 saturated heterocycles. The van der Waals surface area contributed by atoms with Gasteiger partial charge in [0.25, 0.3) is 0 Å². The van der Waals surface area contributed by atoms with E-state index in [9.17, 15) is 0 Å². The van der Waals surface area contributed by atoms with Crippen molar-refractivity contribution in [2.75, 3.05) is 19.4 Å². The van der Waals surface area contributed by atoms with E-state index in [0.717, 1.165) is 12.6 Å². The Bertz CT molecular complexity index is 962. The summed E-state index contributed by atoms with van der Waals surface area (Å²) in [7, 11) is 0. The first kappa shape index (κ1) is 23.9. The molecule has 170 valence electrons. The van der Waals surface area contributed by atoms with E-state index in [0.29, 0.717) is 13.2 Å². The molecule has 2 nitrogen and oxygen atoms in total. The zero-order valence-corrected chi connectivity index (χ0v) is 21.2. The van der Waals surface area contributed by atoms with Crippen molar-refractivity contribution >= 4 is 44.8 Å². The van der Waals surface area contributed by atoms with Crippen molar-refractivity contribution in [3.05, 3.63) is 121 Å². The second-order valence-corrected chi connectivity index (χ2v) is 13.4. The monoisotopic (exact) mass is 520 g/mol. The van der Waals surface area contributed by atoms with Crippen LogP contribution in [0.4, 0.5) is 0 Å². The number of hydrogen-bond donors (Lipinski definition) is 0. The van der Waals surface area contributed by atoms with E-state index in [1.54, 1.807) is 0 Å². The Labute approximate surface area is 207 Å². The molecule has 4 heteroatoms. The summed E-state index contributed by atoms with van der Waals surface area (Å²) in [6.07, 6.45) is 1.63. The molecule has 1 aliphatic rings. The predicted octanol–water partition coefficient (Wildman–Crippen LogP) is 5.18. The number of ether oxygens (including phenoxy) is 2. The summed E-state index contributed by atoms with van der Waals surface area (Å²) >= 11 is 0. The van der Waals surface area contributed by atoms with Crippen LogP contribution in [0.25, 0.3) is 0 Å². The van der Waals surface area contributed by atoms with Crippen LogP contribution in [0.5, 0.6) is 0 Å². The third-order valence-electron chi connectivity index (χ3n) is 6.81. The van der Waals surface area contributed by atoms with Crippen molar-refractivity contribution in [1.29, 1.82) is 0 Å². The minimum atomic E-state index is -3.11. The zero-order chi connectivity index (χ0) is 21.7. The molecule has 0 amide bonds. The molecule has 0 spiro atoms. The first-order valence-electron chi connectivity index (χ1n) is 11.3. The van der Waals surface area contributed by atoms with Gasteiger partial charge in [0.1, 0.15) is 0 Å². The first-order chi connectivity index (χ1) is 15.8. The minimum absolute atomic E-state index is 0. The second-order valence-electron chi connectivity index (χ2n) is 8.33. The third-order valence-corrected chi connectivity index (χ3v) is 13.7. The fourth-order valence-electron chi connectivity index (χ4n) is 5.38. The summed E-state index contributed by atoms with van der Waals surface area (Å²) in [6, 6.07) is 44.4. The normalized spacial score (nSPS) is 15.3. The van der Waals surface area contributed by atoms with E-state index in [-0.39, 0.29) is 23.3 Å². The SMILES string of the molecule is Br.c1ccc(P(CCC2OCCO2)(c2ccccc2)(c2ccccc2)c2ccccc2)cc1. The van der Waals surface area contributed by atoms with Gasteiger partial charge in [-0.15, -0.1) is 17.0 Å². The van der Waals surface area contributed by atoms with Gasteiger partial charge in [0.2, 0.25) is 0 Å². The molecule has 0 N–H and O–H groups in total. The summed E-state index contributed by atoms with van der Waals surface area (Å²) in [5.41, 5.74) is 0. The Morgan fingerprint density at radius 1 is 0.515 bits per heavy atom. The van der Waals surface area contributed by atoms with Gasteiger partial charge in [-0.3, -0.25) is 0 Å². The van der Waals surface area contributed by atoms with Gasteiger partial charge < -0.3 is 0 Å². The molecular weight excluding hydrogens is 491 g/mol. The van der Waals surface area contributed by atoms with Crippen molar-refractivity contribution in [1.82, 2.24) is 0 Å². The van der Waals surface area contributed by atoms with E-state index in [1.165, 1.54) is 21.2 Å². The maximum atomic E-state index is 5.94. The van der Waals surface area contributed by atoms with Gasteiger partial charge in [-0.25, -0.2) is 0 Å². The average Bonchev–Trinajstić information content (AvgIpc) is 3.41. The van der Waals surface area contributed by atoms with E-state index >= 15 is 0 Å². The summed E-state index contributed by atoms with van der Waals surface area (Å²) in [5, 5.41) is 5.50. The fraction of sp³-hybridized carbons (Fsp3) is 0.172. The van der Waals surface area contributed by atoms with Crippen molar-refractivity contribution in [3.63, 3.8) is 0 Å². The first-order valence-corrected chi connectivity index (χ1v) is 13.7. The van der Waals surface area contributed by atoms with Crippen molar-refractivity contribution in [2.24, 2.45) is 0 Å². The van der Waals surface area contributed by atoms with Crippen LogP contribution in [0.1, 0.15) is 6.42 Å². The van der Waals surface area contributed by atoms with Crippen molar-refractivity contribution in [2.45, 2.75) is 12.7 Å². The topological polar surface area (TPSA) is 18.5 Å². The quantitative estimate of drug-likeness (QED) is 0.312. The molecule has 1 aliphatic heterocycles. The van der Waals surface area contributed by atoms with Gasteiger partial charge in [0.15, 0.2) is 0 Å². The van der Waals surface area contributed by atoms with Crippen LogP contribution < -0.4 is 21.2 Å². The summed E-state index contributed by atoms with van der Waals surface area (Å²) in [6.45, 7) is -1.76. The van der Waals surface area contributed by atoms with E-state index < -0.39 is 6.60 Å². The molecule has 0 aromatic heterocycles. The Balaban J connectivity index is 0.00000259. The molecule has 1 heterocycles. The Morgan fingerprint density at radius 3 is 1.12 bits per heavy atom. The molecule has 4 aromatic carbocycles. The summed E-state index contributed by atoms with van der Waals surface area (Å²) < 4.78 is 11.9. The van der Waals surface area contributed by atoms with Crippen LogP contribution in [0, 0.1) is 0 Å². The molecule has 4 aromatic rings. The van der Waals surface area contributed by atoms with Crippen molar-refractivity contribution < 1.29 is 9.47 Å². The van der Waals surface area contributed by atoms with E-state index in [2.05, 4.69) is 121 Å². The Kier molecular flexibility index (Phi) is 7.46. The van der Waals surface area contributed by atoms with Gasteiger partial charge >= 0.3 is 191 Å². The van der Waals surface area contributed by atoms with Crippen LogP contribution in [0.15, 0.2) is 121 Å². The summed E-state index contributed by atoms with van der Waals surface area (Å²) in [5.74, 6) is 0. The Morgan fingerprint density at radius 2 is 0.818 bits per heavy atom. The van der Waals surface area contributed by atoms with Crippen LogP contribution in [0.3, 0.4) is 0 Å². The van der Waals surface area contributed by atoms with Crippen LogP contribution in [-0.2, 0) is 9.47 Å². The molecule has 5 rings (SSSR count). The van der Waals surface area contributed by atoms with Gasteiger partial charge in [-0.1, -0.05) is 0 Å². The molecule has 33 heavy (non-hydrogen) atoms. The summed E-state index contributed by atoms with van der Waals surface area (Å²) in [4.78, 5) is 0. The third kappa shape index (κ3) is 3.98. The van der Waals surface area contributed by atoms with Gasteiger partial charge in [-0.2, -0.15) is 0 Å². The number of benzene rings is 4. The van der Waals surface area contributed by atoms with Gasteiger partial charge in [0.05, 0.1) is 0 Å². The molecule has 0 saturated carbocycles. The van der Waals surface area contributed by atoms with E-state index in [4.69, 9.17) is 9.47 Å². The number of hydrogen-bond acceptors (Lipinski definition) is 2. The van der Waals surface area contributed by atoms with Crippen LogP contribution >= 0.6 is 23.6 Å². The molecule has 0 bridgehead atoms. The average molecular weight is 521 g/mol. The molecule has 0 radical (unpaired) electrons. The molecule has 0 aliphatic carbocycles. The van der Waals surface area contributed by atoms with E-state index in [1.807, 2.05) is 0 Å². The maximum absolute atomic E-state index is 5.94. The van der Waals surface area contributed by atoms with Gasteiger partial charge in [0, 0.05) is 0 Å². The predicted molar refractivity (Wildman–Crippen MR) is 147 cm³/mol. The number of rotatable bonds is 7. The molecule has 0 atom stereocenters. The standard InChI is InChI=1S/C29H29O2P.BrH/c1-5-13-25(14-6-1)32(26-15-7-2-8-16-26,27-17-9-3-10-18-27,28-19-11-4-12-20-28)24-21-29-30-22-23-31-29;/h1-20,29H,21-24H2;1H. The fourth-order valence-corrected chi connectivity index (χ4v) is 12.2. The van der Waals surface area contributed by atoms with Crippen LogP contribution in [0.2, 0.25) is 0 Å². The molecule has 1 fully saturated rings. The molecule has 0 unspecified atom stereocenters. The van der Waals surface area contributed by atoms with Crippen molar-refractivity contribution in [3.8, 4) is 0 Å². The van der Waals surface area contributed by atoms with Crippen LogP contribution in [-0.4, -0.2) is 25.7 Å². The molecular formula is C29H30BrO2P. The zero-order valence-electron chi connectivity index (χ0n) is 18.6. The number of halogens is 1.